The summed E-state index contributed by atoms with van der Waals surface area (Å²) in [5.41, 5.74) is 0.601. The molecule has 2 aliphatic rings. The molecule has 7 nitrogen and oxygen atoms in total. The van der Waals surface area contributed by atoms with E-state index in [9.17, 15) is 18.0 Å². The first-order valence-electron chi connectivity index (χ1n) is 7.98. The third-order valence-corrected chi connectivity index (χ3v) is 5.25. The summed E-state index contributed by atoms with van der Waals surface area (Å²) in [4.78, 5) is 28.2. The van der Waals surface area contributed by atoms with E-state index in [-0.39, 0.29) is 24.3 Å². The predicted molar refractivity (Wildman–Crippen MR) is 89.9 cm³/mol. The first-order valence-corrected chi connectivity index (χ1v) is 9.87. The van der Waals surface area contributed by atoms with Gasteiger partial charge in [0.25, 0.3) is 5.91 Å². The number of imide groups is 1. The van der Waals surface area contributed by atoms with Crippen molar-refractivity contribution in [3.8, 4) is 0 Å². The molecule has 2 saturated heterocycles. The van der Waals surface area contributed by atoms with Crippen LogP contribution in [0, 0.1) is 0 Å². The lowest BCUT2D eigenvalue weighted by molar-refractivity contribution is -0.123. The van der Waals surface area contributed by atoms with Gasteiger partial charge in [0, 0.05) is 19.1 Å². The normalized spacial score (nSPS) is 23.9. The topological polar surface area (TPSA) is 86.8 Å². The maximum absolute atomic E-state index is 12.7. The number of rotatable bonds is 4. The van der Waals surface area contributed by atoms with Crippen molar-refractivity contribution >= 4 is 27.5 Å². The van der Waals surface area contributed by atoms with Crippen LogP contribution < -0.4 is 9.62 Å². The third-order valence-electron chi connectivity index (χ3n) is 4.49. The molecular formula is C16H21N3O4S. The maximum atomic E-state index is 12.7. The van der Waals surface area contributed by atoms with Gasteiger partial charge in [-0.05, 0) is 25.0 Å². The number of anilines is 1. The largest absolute Gasteiger partial charge is 0.291 e. The molecule has 1 atom stereocenters. The fourth-order valence-electron chi connectivity index (χ4n) is 3.38. The number of nitrogens with zero attached hydrogens (tertiary/aromatic N) is 2. The second kappa shape index (κ2) is 6.62. The number of hydrogen-bond donors (Lipinski definition) is 1. The van der Waals surface area contributed by atoms with Crippen LogP contribution in [0.25, 0.3) is 0 Å². The van der Waals surface area contributed by atoms with Crippen LogP contribution in [0.1, 0.15) is 19.3 Å². The Kier molecular flexibility index (Phi) is 4.71. The smallest absolute Gasteiger partial charge is 0.251 e. The van der Waals surface area contributed by atoms with Crippen molar-refractivity contribution in [1.29, 1.82) is 0 Å². The molecule has 0 aromatic heterocycles. The number of hydrogen-bond acceptors (Lipinski definition) is 5. The molecule has 0 unspecified atom stereocenters. The van der Waals surface area contributed by atoms with Gasteiger partial charge < -0.3 is 0 Å². The Morgan fingerprint density at radius 1 is 1.08 bits per heavy atom. The van der Waals surface area contributed by atoms with Crippen molar-refractivity contribution in [2.24, 2.45) is 0 Å². The monoisotopic (exact) mass is 351 g/mol. The summed E-state index contributed by atoms with van der Waals surface area (Å²) < 4.78 is 25.2. The molecule has 1 aromatic rings. The molecule has 0 spiro atoms. The van der Waals surface area contributed by atoms with Crippen LogP contribution >= 0.6 is 0 Å². The summed E-state index contributed by atoms with van der Waals surface area (Å²) in [5, 5.41) is 0. The van der Waals surface area contributed by atoms with Crippen LogP contribution in [0.15, 0.2) is 30.3 Å². The second-order valence-electron chi connectivity index (χ2n) is 6.32. The van der Waals surface area contributed by atoms with E-state index in [1.165, 1.54) is 4.90 Å². The fourth-order valence-corrected chi connectivity index (χ4v) is 4.22. The Balaban J connectivity index is 1.65. The second-order valence-corrected chi connectivity index (χ2v) is 8.10. The number of para-hydroxylation sites is 1. The van der Waals surface area contributed by atoms with Crippen molar-refractivity contribution in [3.63, 3.8) is 0 Å². The van der Waals surface area contributed by atoms with E-state index < -0.39 is 16.1 Å². The number of piperidine rings is 1. The van der Waals surface area contributed by atoms with Crippen molar-refractivity contribution < 1.29 is 18.0 Å². The van der Waals surface area contributed by atoms with Crippen molar-refractivity contribution in [2.75, 3.05) is 24.2 Å². The fraction of sp³-hybridized carbons (Fsp3) is 0.500. The standard InChI is InChI=1S/C16H21N3O4S/c1-24(22,23)17-12-7-9-18(10-8-12)14-11-15(20)19(16(14)21)13-5-3-2-4-6-13/h2-6,12,14,17H,7-11H2,1H3/t14-/m1/s1. The lowest BCUT2D eigenvalue weighted by Gasteiger charge is -2.34. The molecule has 24 heavy (non-hydrogen) atoms. The van der Waals surface area contributed by atoms with E-state index in [4.69, 9.17) is 0 Å². The number of likely N-dealkylation sites (tertiary alicyclic amines) is 1. The van der Waals surface area contributed by atoms with Crippen molar-refractivity contribution in [1.82, 2.24) is 9.62 Å². The lowest BCUT2D eigenvalue weighted by Crippen LogP contribution is -2.50. The molecule has 1 N–H and O–H groups in total. The van der Waals surface area contributed by atoms with E-state index in [1.807, 2.05) is 11.0 Å². The quantitative estimate of drug-likeness (QED) is 0.790. The molecule has 0 bridgehead atoms. The van der Waals surface area contributed by atoms with Crippen LogP contribution in [0.4, 0.5) is 5.69 Å². The summed E-state index contributed by atoms with van der Waals surface area (Å²) >= 11 is 0. The molecule has 0 radical (unpaired) electrons. The molecule has 0 aliphatic carbocycles. The van der Waals surface area contributed by atoms with Gasteiger partial charge in [-0.25, -0.2) is 18.0 Å². The van der Waals surface area contributed by atoms with Gasteiger partial charge in [-0.15, -0.1) is 0 Å². The molecule has 1 aromatic carbocycles. The molecule has 2 aliphatic heterocycles. The molecule has 2 heterocycles. The molecule has 3 rings (SSSR count). The van der Waals surface area contributed by atoms with Crippen LogP contribution in [0.5, 0.6) is 0 Å². The molecular weight excluding hydrogens is 330 g/mol. The summed E-state index contributed by atoms with van der Waals surface area (Å²) in [6.07, 6.45) is 2.60. The minimum Gasteiger partial charge on any atom is -0.291 e. The first-order chi connectivity index (χ1) is 11.3. The highest BCUT2D eigenvalue weighted by molar-refractivity contribution is 7.88. The SMILES string of the molecule is CS(=O)(=O)NC1CCN([C@@H]2CC(=O)N(c3ccccc3)C2=O)CC1. The van der Waals surface area contributed by atoms with Crippen molar-refractivity contribution in [2.45, 2.75) is 31.3 Å². The molecule has 8 heteroatoms. The van der Waals surface area contributed by atoms with Crippen LogP contribution in [-0.4, -0.2) is 56.6 Å². The molecule has 0 saturated carbocycles. The van der Waals surface area contributed by atoms with Gasteiger partial charge >= 0.3 is 0 Å². The highest BCUT2D eigenvalue weighted by atomic mass is 32.2. The Bertz CT molecular complexity index is 727. The Hall–Kier alpha value is -1.77. The summed E-state index contributed by atoms with van der Waals surface area (Å²) in [6.45, 7) is 1.19. The van der Waals surface area contributed by atoms with Gasteiger partial charge in [0.1, 0.15) is 0 Å². The number of nitrogens with one attached hydrogen (secondary N) is 1. The van der Waals surface area contributed by atoms with Crippen LogP contribution in [0.2, 0.25) is 0 Å². The zero-order valence-corrected chi connectivity index (χ0v) is 14.3. The van der Waals surface area contributed by atoms with Gasteiger partial charge in [0.15, 0.2) is 0 Å². The Morgan fingerprint density at radius 3 is 2.29 bits per heavy atom. The zero-order valence-electron chi connectivity index (χ0n) is 13.5. The van der Waals surface area contributed by atoms with E-state index in [2.05, 4.69) is 4.72 Å². The number of amides is 2. The van der Waals surface area contributed by atoms with Gasteiger partial charge in [-0.3, -0.25) is 14.5 Å². The first kappa shape index (κ1) is 17.1. The lowest BCUT2D eigenvalue weighted by atomic mass is 10.0. The summed E-state index contributed by atoms with van der Waals surface area (Å²) in [5.74, 6) is -0.381. The number of sulfonamides is 1. The van der Waals surface area contributed by atoms with E-state index in [1.54, 1.807) is 24.3 Å². The minimum atomic E-state index is -3.22. The van der Waals surface area contributed by atoms with Gasteiger partial charge in [0.05, 0.1) is 24.4 Å². The van der Waals surface area contributed by atoms with Gasteiger partial charge in [-0.2, -0.15) is 0 Å². The molecule has 130 valence electrons. The maximum Gasteiger partial charge on any atom is 0.251 e. The van der Waals surface area contributed by atoms with E-state index in [0.29, 0.717) is 31.6 Å². The van der Waals surface area contributed by atoms with Crippen LogP contribution in [0.3, 0.4) is 0 Å². The molecule has 2 fully saturated rings. The number of carbonyl (C=O) groups excluding carboxylic acids is 2. The van der Waals surface area contributed by atoms with Gasteiger partial charge in [-0.1, -0.05) is 18.2 Å². The Labute approximate surface area is 141 Å². The van der Waals surface area contributed by atoms with E-state index in [0.717, 1.165) is 6.26 Å². The van der Waals surface area contributed by atoms with Gasteiger partial charge in [0.2, 0.25) is 15.9 Å². The summed E-state index contributed by atoms with van der Waals surface area (Å²) in [6, 6.07) is 8.38. The molecule has 2 amide bonds. The van der Waals surface area contributed by atoms with Crippen molar-refractivity contribution in [3.05, 3.63) is 30.3 Å². The van der Waals surface area contributed by atoms with E-state index >= 15 is 0 Å². The highest BCUT2D eigenvalue weighted by Gasteiger charge is 2.43. The summed E-state index contributed by atoms with van der Waals surface area (Å²) in [7, 11) is -3.22. The minimum absolute atomic E-state index is 0.103. The average Bonchev–Trinajstić information content (AvgIpc) is 2.82. The van der Waals surface area contributed by atoms with Crippen LogP contribution in [-0.2, 0) is 19.6 Å². The average molecular weight is 351 g/mol. The number of benzene rings is 1. The predicted octanol–water partition coefficient (Wildman–Crippen LogP) is 0.332. The zero-order chi connectivity index (χ0) is 17.3. The number of carbonyl (C=O) groups is 2. The highest BCUT2D eigenvalue weighted by Crippen LogP contribution is 2.27. The Morgan fingerprint density at radius 2 is 1.71 bits per heavy atom. The third kappa shape index (κ3) is 3.66.